The minimum absolute atomic E-state index is 0.0568. The van der Waals surface area contributed by atoms with E-state index in [-0.39, 0.29) is 12.0 Å². The summed E-state index contributed by atoms with van der Waals surface area (Å²) in [5, 5.41) is 1.82. The number of hydrogen-bond donors (Lipinski definition) is 0. The molecule has 0 saturated carbocycles. The average Bonchev–Trinajstić information content (AvgIpc) is 2.99. The number of ether oxygens (including phenoxy) is 1. The second kappa shape index (κ2) is 5.56. The first-order valence-corrected chi connectivity index (χ1v) is 7.77. The van der Waals surface area contributed by atoms with Crippen molar-refractivity contribution in [2.24, 2.45) is 0 Å². The molecule has 1 aromatic rings. The standard InChI is InChI=1S/C13H19N3O2S/c1-2-15-5-6-18-12-3-4-16(7-11(12)15)13(17)10-8-19-9-14-10/h8-9,11-12H,2-7H2,1H3/t11-,12-/m1/s1. The van der Waals surface area contributed by atoms with Gasteiger partial charge in [0.25, 0.3) is 5.91 Å². The minimum Gasteiger partial charge on any atom is -0.375 e. The molecule has 2 fully saturated rings. The molecule has 2 aliphatic rings. The monoisotopic (exact) mass is 281 g/mol. The quantitative estimate of drug-likeness (QED) is 0.814. The number of nitrogens with zero attached hydrogens (tertiary/aromatic N) is 3. The molecular weight excluding hydrogens is 262 g/mol. The molecule has 0 N–H and O–H groups in total. The van der Waals surface area contributed by atoms with E-state index < -0.39 is 0 Å². The molecule has 2 aliphatic heterocycles. The fourth-order valence-corrected chi connectivity index (χ4v) is 3.53. The lowest BCUT2D eigenvalue weighted by molar-refractivity contribution is -0.0962. The Morgan fingerprint density at radius 3 is 3.21 bits per heavy atom. The summed E-state index contributed by atoms with van der Waals surface area (Å²) in [4.78, 5) is 20.8. The number of thiazole rings is 1. The van der Waals surface area contributed by atoms with Gasteiger partial charge in [-0.2, -0.15) is 0 Å². The van der Waals surface area contributed by atoms with E-state index >= 15 is 0 Å². The molecule has 6 heteroatoms. The zero-order valence-corrected chi connectivity index (χ0v) is 11.9. The first kappa shape index (κ1) is 13.0. The fraction of sp³-hybridized carbons (Fsp3) is 0.692. The van der Waals surface area contributed by atoms with Gasteiger partial charge in [-0.1, -0.05) is 6.92 Å². The molecule has 5 nitrogen and oxygen atoms in total. The molecule has 2 saturated heterocycles. The zero-order chi connectivity index (χ0) is 13.2. The maximum atomic E-state index is 12.3. The van der Waals surface area contributed by atoms with Crippen LogP contribution in [0.2, 0.25) is 0 Å². The number of fused-ring (bicyclic) bond motifs is 1. The van der Waals surface area contributed by atoms with E-state index in [9.17, 15) is 4.79 Å². The highest BCUT2D eigenvalue weighted by Gasteiger charge is 2.38. The number of hydrogen-bond acceptors (Lipinski definition) is 5. The first-order valence-electron chi connectivity index (χ1n) is 6.82. The van der Waals surface area contributed by atoms with Gasteiger partial charge in [-0.15, -0.1) is 11.3 Å². The Bertz CT molecular complexity index is 431. The number of likely N-dealkylation sites (tertiary alicyclic amines) is 1. The van der Waals surface area contributed by atoms with Crippen LogP contribution in [0.25, 0.3) is 0 Å². The van der Waals surface area contributed by atoms with Gasteiger partial charge in [0.2, 0.25) is 0 Å². The molecule has 0 bridgehead atoms. The average molecular weight is 281 g/mol. The Hall–Kier alpha value is -0.980. The van der Waals surface area contributed by atoms with Crippen molar-refractivity contribution in [3.63, 3.8) is 0 Å². The molecule has 19 heavy (non-hydrogen) atoms. The van der Waals surface area contributed by atoms with Gasteiger partial charge in [-0.05, 0) is 13.0 Å². The maximum absolute atomic E-state index is 12.3. The van der Waals surface area contributed by atoms with Gasteiger partial charge in [-0.3, -0.25) is 9.69 Å². The molecule has 3 rings (SSSR count). The number of rotatable bonds is 2. The number of amides is 1. The maximum Gasteiger partial charge on any atom is 0.273 e. The summed E-state index contributed by atoms with van der Waals surface area (Å²) in [6.45, 7) is 6.50. The Labute approximate surface area is 117 Å². The van der Waals surface area contributed by atoms with Crippen molar-refractivity contribution >= 4 is 17.2 Å². The summed E-state index contributed by atoms with van der Waals surface area (Å²) in [5.74, 6) is 0.0568. The summed E-state index contributed by atoms with van der Waals surface area (Å²) in [6.07, 6.45) is 1.21. The van der Waals surface area contributed by atoms with E-state index in [1.54, 1.807) is 5.51 Å². The number of piperidine rings is 1. The van der Waals surface area contributed by atoms with Gasteiger partial charge in [0.15, 0.2) is 0 Å². The largest absolute Gasteiger partial charge is 0.375 e. The first-order chi connectivity index (χ1) is 9.29. The lowest BCUT2D eigenvalue weighted by Crippen LogP contribution is -2.60. The lowest BCUT2D eigenvalue weighted by atomic mass is 9.98. The third-order valence-electron chi connectivity index (χ3n) is 4.04. The predicted octanol–water partition coefficient (Wildman–Crippen LogP) is 1.08. The number of likely N-dealkylation sites (N-methyl/N-ethyl adjacent to an activating group) is 1. The molecule has 104 valence electrons. The second-order valence-electron chi connectivity index (χ2n) is 5.02. The topological polar surface area (TPSA) is 45.7 Å². The van der Waals surface area contributed by atoms with E-state index in [2.05, 4.69) is 16.8 Å². The SMILES string of the molecule is CCN1CCO[C@@H]2CCN(C(=O)c3cscn3)C[C@H]21. The highest BCUT2D eigenvalue weighted by Crippen LogP contribution is 2.23. The van der Waals surface area contributed by atoms with Crippen molar-refractivity contribution in [3.05, 3.63) is 16.6 Å². The van der Waals surface area contributed by atoms with Crippen LogP contribution in [-0.2, 0) is 4.74 Å². The van der Waals surface area contributed by atoms with Gasteiger partial charge >= 0.3 is 0 Å². The van der Waals surface area contributed by atoms with Crippen molar-refractivity contribution in [2.75, 3.05) is 32.8 Å². The smallest absolute Gasteiger partial charge is 0.273 e. The normalized spacial score (nSPS) is 28.2. The number of morpholine rings is 1. The van der Waals surface area contributed by atoms with E-state index in [4.69, 9.17) is 4.74 Å². The predicted molar refractivity (Wildman–Crippen MR) is 73.4 cm³/mol. The number of aromatic nitrogens is 1. The van der Waals surface area contributed by atoms with Gasteiger partial charge in [0.05, 0.1) is 24.3 Å². The Morgan fingerprint density at radius 2 is 2.47 bits per heavy atom. The fourth-order valence-electron chi connectivity index (χ4n) is 3.00. The highest BCUT2D eigenvalue weighted by atomic mass is 32.1. The van der Waals surface area contributed by atoms with E-state index in [1.165, 1.54) is 11.3 Å². The van der Waals surface area contributed by atoms with Crippen molar-refractivity contribution < 1.29 is 9.53 Å². The molecular formula is C13H19N3O2S. The molecule has 0 aromatic carbocycles. The van der Waals surface area contributed by atoms with Crippen LogP contribution in [-0.4, -0.2) is 65.6 Å². The van der Waals surface area contributed by atoms with Crippen LogP contribution < -0.4 is 0 Å². The molecule has 1 amide bonds. The second-order valence-corrected chi connectivity index (χ2v) is 5.74. The molecule has 0 radical (unpaired) electrons. The van der Waals surface area contributed by atoms with Crippen molar-refractivity contribution in [3.8, 4) is 0 Å². The van der Waals surface area contributed by atoms with Gasteiger partial charge in [0, 0.05) is 25.0 Å². The Balaban J connectivity index is 1.71. The summed E-state index contributed by atoms with van der Waals surface area (Å²) in [5.41, 5.74) is 2.28. The number of carbonyl (C=O) groups excluding carboxylic acids is 1. The molecule has 0 unspecified atom stereocenters. The third kappa shape index (κ3) is 2.52. The summed E-state index contributed by atoms with van der Waals surface area (Å²) in [7, 11) is 0. The lowest BCUT2D eigenvalue weighted by Gasteiger charge is -2.46. The minimum atomic E-state index is 0.0568. The third-order valence-corrected chi connectivity index (χ3v) is 4.63. The van der Waals surface area contributed by atoms with Crippen molar-refractivity contribution in [2.45, 2.75) is 25.5 Å². The van der Waals surface area contributed by atoms with Crippen LogP contribution in [0.5, 0.6) is 0 Å². The zero-order valence-electron chi connectivity index (χ0n) is 11.1. The van der Waals surface area contributed by atoms with Gasteiger partial charge < -0.3 is 9.64 Å². The van der Waals surface area contributed by atoms with Crippen molar-refractivity contribution in [1.82, 2.24) is 14.8 Å². The van der Waals surface area contributed by atoms with Crippen LogP contribution in [0.3, 0.4) is 0 Å². The van der Waals surface area contributed by atoms with E-state index in [1.807, 2.05) is 10.3 Å². The summed E-state index contributed by atoms with van der Waals surface area (Å²) >= 11 is 1.47. The van der Waals surface area contributed by atoms with E-state index in [0.29, 0.717) is 11.7 Å². The van der Waals surface area contributed by atoms with Gasteiger partial charge in [0.1, 0.15) is 5.69 Å². The molecule has 0 aliphatic carbocycles. The van der Waals surface area contributed by atoms with Crippen LogP contribution >= 0.6 is 11.3 Å². The molecule has 1 aromatic heterocycles. The van der Waals surface area contributed by atoms with Crippen LogP contribution in [0.1, 0.15) is 23.8 Å². The highest BCUT2D eigenvalue weighted by molar-refractivity contribution is 7.07. The van der Waals surface area contributed by atoms with Crippen LogP contribution in [0.15, 0.2) is 10.9 Å². The summed E-state index contributed by atoms with van der Waals surface area (Å²) < 4.78 is 5.84. The Morgan fingerprint density at radius 1 is 1.58 bits per heavy atom. The Kier molecular flexibility index (Phi) is 3.81. The molecule has 0 spiro atoms. The van der Waals surface area contributed by atoms with Gasteiger partial charge in [-0.25, -0.2) is 4.98 Å². The molecule has 3 heterocycles. The van der Waals surface area contributed by atoms with Crippen LogP contribution in [0.4, 0.5) is 0 Å². The van der Waals surface area contributed by atoms with E-state index in [0.717, 1.165) is 39.2 Å². The van der Waals surface area contributed by atoms with Crippen LogP contribution in [0, 0.1) is 0 Å². The van der Waals surface area contributed by atoms with Crippen molar-refractivity contribution in [1.29, 1.82) is 0 Å². The molecule has 2 atom stereocenters. The number of carbonyl (C=O) groups is 1. The summed E-state index contributed by atoms with van der Waals surface area (Å²) in [6, 6.07) is 0.343.